The summed E-state index contributed by atoms with van der Waals surface area (Å²) < 4.78 is 13.9. The molecule has 2 nitrogen and oxygen atoms in total. The summed E-state index contributed by atoms with van der Waals surface area (Å²) in [6.07, 6.45) is 0. The molecule has 0 aliphatic carbocycles. The van der Waals surface area contributed by atoms with Crippen molar-refractivity contribution in [2.45, 2.75) is 5.88 Å². The number of nitrogens with one attached hydrogen (secondary N) is 1. The highest BCUT2D eigenvalue weighted by molar-refractivity contribution is 9.10. The van der Waals surface area contributed by atoms with E-state index in [-0.39, 0.29) is 5.82 Å². The Balaban J connectivity index is 2.09. The van der Waals surface area contributed by atoms with Gasteiger partial charge in [0.2, 0.25) is 0 Å². The Kier molecular flexibility index (Phi) is 3.29. The number of H-pyrrole nitrogens is 1. The van der Waals surface area contributed by atoms with E-state index in [0.29, 0.717) is 21.7 Å². The molecule has 19 heavy (non-hydrogen) atoms. The highest BCUT2D eigenvalue weighted by Crippen LogP contribution is 2.25. The maximum Gasteiger partial charge on any atom is 0.139 e. The maximum absolute atomic E-state index is 13.4. The van der Waals surface area contributed by atoms with Crippen LogP contribution in [0.5, 0.6) is 0 Å². The molecule has 0 saturated heterocycles. The van der Waals surface area contributed by atoms with Gasteiger partial charge in [-0.1, -0.05) is 24.3 Å². The van der Waals surface area contributed by atoms with Crippen LogP contribution < -0.4 is 0 Å². The zero-order valence-corrected chi connectivity index (χ0v) is 12.1. The second-order valence-corrected chi connectivity index (χ2v) is 5.32. The van der Waals surface area contributed by atoms with E-state index in [2.05, 4.69) is 25.9 Å². The molecule has 96 valence electrons. The van der Waals surface area contributed by atoms with Crippen molar-refractivity contribution in [1.29, 1.82) is 0 Å². The van der Waals surface area contributed by atoms with Crippen molar-refractivity contribution in [2.75, 3.05) is 0 Å². The van der Waals surface area contributed by atoms with Crippen molar-refractivity contribution in [1.82, 2.24) is 9.97 Å². The third-order valence-corrected chi connectivity index (χ3v) is 3.82. The smallest absolute Gasteiger partial charge is 0.139 e. The number of fused-ring (bicyclic) bond motifs is 1. The first kappa shape index (κ1) is 12.6. The summed E-state index contributed by atoms with van der Waals surface area (Å²) >= 11 is 8.91. The van der Waals surface area contributed by atoms with Crippen molar-refractivity contribution < 1.29 is 4.39 Å². The van der Waals surface area contributed by atoms with Crippen molar-refractivity contribution in [3.63, 3.8) is 0 Å². The lowest BCUT2D eigenvalue weighted by Crippen LogP contribution is -1.82. The molecule has 3 rings (SSSR count). The molecule has 0 bridgehead atoms. The molecule has 0 unspecified atom stereocenters. The Morgan fingerprint density at radius 2 is 1.95 bits per heavy atom. The monoisotopic (exact) mass is 338 g/mol. The van der Waals surface area contributed by atoms with Gasteiger partial charge < -0.3 is 4.98 Å². The number of nitrogens with zero attached hydrogens (tertiary/aromatic N) is 1. The number of hydrogen-bond donors (Lipinski definition) is 1. The molecule has 0 atom stereocenters. The van der Waals surface area contributed by atoms with Crippen LogP contribution >= 0.6 is 27.5 Å². The van der Waals surface area contributed by atoms with Crippen molar-refractivity contribution in [3.05, 3.63) is 52.3 Å². The van der Waals surface area contributed by atoms with Gasteiger partial charge in [0.25, 0.3) is 0 Å². The Hall–Kier alpha value is -1.39. The van der Waals surface area contributed by atoms with Crippen LogP contribution in [-0.4, -0.2) is 9.97 Å². The van der Waals surface area contributed by atoms with Crippen LogP contribution in [0.25, 0.3) is 22.4 Å². The lowest BCUT2D eigenvalue weighted by atomic mass is 10.1. The van der Waals surface area contributed by atoms with Crippen molar-refractivity contribution in [2.24, 2.45) is 0 Å². The zero-order valence-electron chi connectivity index (χ0n) is 9.75. The van der Waals surface area contributed by atoms with Gasteiger partial charge in [0, 0.05) is 17.5 Å². The fraction of sp³-hybridized carbons (Fsp3) is 0.0714. The number of aromatic nitrogens is 2. The fourth-order valence-electron chi connectivity index (χ4n) is 1.89. The van der Waals surface area contributed by atoms with E-state index in [1.165, 1.54) is 6.07 Å². The summed E-state index contributed by atoms with van der Waals surface area (Å²) in [5.74, 6) is 0.896. The molecule has 0 saturated carbocycles. The zero-order chi connectivity index (χ0) is 13.4. The SMILES string of the molecule is Fc1cc2[nH]c(-c3ccc(CCl)cc3)nc2cc1Br. The molecule has 5 heteroatoms. The average molecular weight is 340 g/mol. The Bertz CT molecular complexity index is 698. The number of benzene rings is 2. The lowest BCUT2D eigenvalue weighted by molar-refractivity contribution is 0.623. The molecule has 0 radical (unpaired) electrons. The minimum Gasteiger partial charge on any atom is -0.338 e. The lowest BCUT2D eigenvalue weighted by Gasteiger charge is -1.98. The van der Waals surface area contributed by atoms with Crippen LogP contribution in [-0.2, 0) is 5.88 Å². The first-order valence-electron chi connectivity index (χ1n) is 5.67. The van der Waals surface area contributed by atoms with Crippen LogP contribution in [0.3, 0.4) is 0 Å². The van der Waals surface area contributed by atoms with Gasteiger partial charge in [-0.3, -0.25) is 0 Å². The van der Waals surface area contributed by atoms with E-state index in [1.807, 2.05) is 24.3 Å². The van der Waals surface area contributed by atoms with Crippen LogP contribution in [0.15, 0.2) is 40.9 Å². The van der Waals surface area contributed by atoms with Crippen molar-refractivity contribution >= 4 is 38.6 Å². The molecule has 0 spiro atoms. The number of hydrogen-bond acceptors (Lipinski definition) is 1. The molecule has 1 heterocycles. The number of halogens is 3. The topological polar surface area (TPSA) is 28.7 Å². The van der Waals surface area contributed by atoms with E-state index < -0.39 is 0 Å². The Morgan fingerprint density at radius 3 is 2.63 bits per heavy atom. The van der Waals surface area contributed by atoms with Gasteiger partial charge in [0.15, 0.2) is 0 Å². The van der Waals surface area contributed by atoms with Crippen LogP contribution in [0.1, 0.15) is 5.56 Å². The molecule has 1 aromatic heterocycles. The highest BCUT2D eigenvalue weighted by Gasteiger charge is 2.08. The molecule has 0 aliphatic rings. The minimum absolute atomic E-state index is 0.305. The fourth-order valence-corrected chi connectivity index (χ4v) is 2.40. The predicted molar refractivity (Wildman–Crippen MR) is 78.7 cm³/mol. The predicted octanol–water partition coefficient (Wildman–Crippen LogP) is 4.87. The molecular weight excluding hydrogens is 331 g/mol. The molecule has 0 aliphatic heterocycles. The molecule has 1 N–H and O–H groups in total. The van der Waals surface area contributed by atoms with Gasteiger partial charge in [-0.05, 0) is 27.6 Å². The summed E-state index contributed by atoms with van der Waals surface area (Å²) in [7, 11) is 0. The summed E-state index contributed by atoms with van der Waals surface area (Å²) in [5.41, 5.74) is 3.40. The third-order valence-electron chi connectivity index (χ3n) is 2.91. The number of aromatic amines is 1. The second-order valence-electron chi connectivity index (χ2n) is 4.20. The molecule has 0 amide bonds. The number of imidazole rings is 1. The van der Waals surface area contributed by atoms with E-state index in [1.54, 1.807) is 6.07 Å². The van der Waals surface area contributed by atoms with Gasteiger partial charge in [0.05, 0.1) is 15.5 Å². The summed E-state index contributed by atoms with van der Waals surface area (Å²) in [6, 6.07) is 10.9. The Morgan fingerprint density at radius 1 is 1.21 bits per heavy atom. The van der Waals surface area contributed by atoms with Crippen molar-refractivity contribution in [3.8, 4) is 11.4 Å². The van der Waals surface area contributed by atoms with Gasteiger partial charge in [-0.25, -0.2) is 9.37 Å². The van der Waals surface area contributed by atoms with Gasteiger partial charge in [0.1, 0.15) is 11.6 Å². The minimum atomic E-state index is -0.305. The summed E-state index contributed by atoms with van der Waals surface area (Å²) in [6.45, 7) is 0. The number of alkyl halides is 1. The molecular formula is C14H9BrClFN2. The largest absolute Gasteiger partial charge is 0.338 e. The van der Waals surface area contributed by atoms with Gasteiger partial charge in [-0.15, -0.1) is 11.6 Å². The quantitative estimate of drug-likeness (QED) is 0.663. The van der Waals surface area contributed by atoms with E-state index in [4.69, 9.17) is 11.6 Å². The average Bonchev–Trinajstić information content (AvgIpc) is 2.82. The normalized spacial score (nSPS) is 11.1. The Labute approximate surface area is 122 Å². The number of rotatable bonds is 2. The third kappa shape index (κ3) is 2.38. The highest BCUT2D eigenvalue weighted by atomic mass is 79.9. The van der Waals surface area contributed by atoms with Crippen LogP contribution in [0, 0.1) is 5.82 Å². The molecule has 3 aromatic rings. The summed E-state index contributed by atoms with van der Waals surface area (Å²) in [4.78, 5) is 7.57. The van der Waals surface area contributed by atoms with Crippen LogP contribution in [0.2, 0.25) is 0 Å². The summed E-state index contributed by atoms with van der Waals surface area (Å²) in [5, 5.41) is 0. The maximum atomic E-state index is 13.4. The standard InChI is InChI=1S/C14H9BrClFN2/c15-10-5-12-13(6-11(10)17)19-14(18-12)9-3-1-8(7-16)2-4-9/h1-6H,7H2,(H,18,19). The van der Waals surface area contributed by atoms with Crippen LogP contribution in [0.4, 0.5) is 4.39 Å². The molecule has 2 aromatic carbocycles. The van der Waals surface area contributed by atoms with Gasteiger partial charge >= 0.3 is 0 Å². The van der Waals surface area contributed by atoms with Gasteiger partial charge in [-0.2, -0.15) is 0 Å². The second kappa shape index (κ2) is 4.94. The molecule has 0 fully saturated rings. The first-order chi connectivity index (χ1) is 9.17. The van der Waals surface area contributed by atoms with E-state index in [9.17, 15) is 4.39 Å². The van der Waals surface area contributed by atoms with E-state index >= 15 is 0 Å². The van der Waals surface area contributed by atoms with E-state index in [0.717, 1.165) is 16.6 Å². The first-order valence-corrected chi connectivity index (χ1v) is 7.00.